The lowest BCUT2D eigenvalue weighted by Crippen LogP contribution is -2.29. The molecule has 0 N–H and O–H groups in total. The number of rotatable bonds is 1. The molecule has 0 atom stereocenters. The third kappa shape index (κ3) is 2.05. The largest absolute Gasteiger partial charge is 0.530 e. The molecule has 0 unspecified atom stereocenters. The standard InChI is InChI=1S/C14H6F7S/c15-7-1-3-11-9(5-7)10-6-8(16)2-4-12(10)22(11)14(20,21)13(17,18)19/h1-6H/q+1. The lowest BCUT2D eigenvalue weighted by Gasteiger charge is -2.12. The molecule has 22 heavy (non-hydrogen) atoms. The quantitative estimate of drug-likeness (QED) is 0.369. The van der Waals surface area contributed by atoms with Crippen molar-refractivity contribution < 1.29 is 30.7 Å². The Morgan fingerprint density at radius 2 is 1.09 bits per heavy atom. The van der Waals surface area contributed by atoms with Crippen molar-refractivity contribution in [3.05, 3.63) is 48.0 Å². The van der Waals surface area contributed by atoms with E-state index in [1.807, 2.05) is 0 Å². The zero-order valence-electron chi connectivity index (χ0n) is 10.5. The van der Waals surface area contributed by atoms with E-state index in [0.29, 0.717) is 0 Å². The average molecular weight is 339 g/mol. The predicted octanol–water partition coefficient (Wildman–Crippen LogP) is 6.13. The van der Waals surface area contributed by atoms with Gasteiger partial charge in [0.25, 0.3) is 0 Å². The SMILES string of the molecule is Fc1ccc2c(c1)c1cc(F)ccc1[s+]2C(F)(F)C(F)(F)F. The minimum absolute atomic E-state index is 0.137. The Kier molecular flexibility index (Phi) is 3.14. The molecular weight excluding hydrogens is 333 g/mol. The van der Waals surface area contributed by atoms with E-state index in [1.165, 1.54) is 0 Å². The molecule has 0 saturated heterocycles. The summed E-state index contributed by atoms with van der Waals surface area (Å²) in [4.78, 5) is 0. The van der Waals surface area contributed by atoms with Crippen LogP contribution in [0.5, 0.6) is 0 Å². The Hall–Kier alpha value is -1.83. The summed E-state index contributed by atoms with van der Waals surface area (Å²) in [7, 11) is -2.67. The van der Waals surface area contributed by atoms with Gasteiger partial charge >= 0.3 is 11.4 Å². The van der Waals surface area contributed by atoms with Crippen LogP contribution >= 0.6 is 10.5 Å². The van der Waals surface area contributed by atoms with Gasteiger partial charge in [0.2, 0.25) is 0 Å². The summed E-state index contributed by atoms with van der Waals surface area (Å²) in [5, 5.41) is -5.30. The van der Waals surface area contributed by atoms with Crippen LogP contribution in [0.4, 0.5) is 30.7 Å². The highest BCUT2D eigenvalue weighted by molar-refractivity contribution is 7.44. The molecule has 0 saturated carbocycles. The first-order chi connectivity index (χ1) is 10.1. The van der Waals surface area contributed by atoms with Crippen LogP contribution in [0.15, 0.2) is 36.4 Å². The maximum absolute atomic E-state index is 13.9. The molecule has 2 aromatic carbocycles. The smallest absolute Gasteiger partial charge is 0.207 e. The van der Waals surface area contributed by atoms with Gasteiger partial charge in [-0.3, -0.25) is 0 Å². The third-order valence-electron chi connectivity index (χ3n) is 3.20. The van der Waals surface area contributed by atoms with Gasteiger partial charge in [-0.2, -0.15) is 13.2 Å². The van der Waals surface area contributed by atoms with E-state index in [-0.39, 0.29) is 20.2 Å². The summed E-state index contributed by atoms with van der Waals surface area (Å²) in [6.07, 6.45) is -5.77. The van der Waals surface area contributed by atoms with Crippen molar-refractivity contribution in [2.24, 2.45) is 0 Å². The molecule has 0 aliphatic carbocycles. The van der Waals surface area contributed by atoms with E-state index < -0.39 is 33.5 Å². The third-order valence-corrected chi connectivity index (χ3v) is 5.54. The predicted molar refractivity (Wildman–Crippen MR) is 70.1 cm³/mol. The van der Waals surface area contributed by atoms with Crippen LogP contribution < -0.4 is 0 Å². The second-order valence-corrected chi connectivity index (χ2v) is 6.61. The highest BCUT2D eigenvalue weighted by Gasteiger charge is 2.69. The van der Waals surface area contributed by atoms with Gasteiger partial charge in [0.15, 0.2) is 9.40 Å². The lowest BCUT2D eigenvalue weighted by molar-refractivity contribution is -0.264. The molecule has 3 rings (SSSR count). The van der Waals surface area contributed by atoms with Crippen molar-refractivity contribution in [3.63, 3.8) is 0 Å². The number of alkyl halides is 5. The number of benzene rings is 2. The van der Waals surface area contributed by atoms with E-state index in [9.17, 15) is 30.7 Å². The van der Waals surface area contributed by atoms with E-state index in [4.69, 9.17) is 0 Å². The normalized spacial score (nSPS) is 13.2. The van der Waals surface area contributed by atoms with Gasteiger partial charge in [0.05, 0.1) is 21.2 Å². The Morgan fingerprint density at radius 1 is 0.682 bits per heavy atom. The van der Waals surface area contributed by atoms with E-state index in [0.717, 1.165) is 36.4 Å². The first-order valence-electron chi connectivity index (χ1n) is 5.91. The van der Waals surface area contributed by atoms with Crippen molar-refractivity contribution >= 4 is 30.6 Å². The molecular formula is C14H6F7S+. The van der Waals surface area contributed by atoms with Crippen LogP contribution in [-0.2, 0) is 5.25 Å². The van der Waals surface area contributed by atoms with Crippen molar-refractivity contribution in [2.75, 3.05) is 0 Å². The molecule has 116 valence electrons. The molecule has 0 nitrogen and oxygen atoms in total. The van der Waals surface area contributed by atoms with E-state index in [2.05, 4.69) is 0 Å². The Bertz CT molecular complexity index is 817. The van der Waals surface area contributed by atoms with Crippen molar-refractivity contribution in [1.29, 1.82) is 0 Å². The van der Waals surface area contributed by atoms with Gasteiger partial charge in [-0.1, -0.05) is 0 Å². The lowest BCUT2D eigenvalue weighted by atomic mass is 10.1. The van der Waals surface area contributed by atoms with E-state index >= 15 is 0 Å². The van der Waals surface area contributed by atoms with Crippen molar-refractivity contribution in [3.8, 4) is 0 Å². The number of thiophene rings is 1. The number of hydrogen-bond donors (Lipinski definition) is 0. The van der Waals surface area contributed by atoms with Gasteiger partial charge in [-0.25, -0.2) is 8.78 Å². The second kappa shape index (κ2) is 4.58. The second-order valence-electron chi connectivity index (χ2n) is 4.60. The monoisotopic (exact) mass is 339 g/mol. The molecule has 0 fully saturated rings. The first kappa shape index (κ1) is 15.1. The maximum atomic E-state index is 13.9. The number of fused-ring (bicyclic) bond motifs is 3. The van der Waals surface area contributed by atoms with Crippen LogP contribution in [0.25, 0.3) is 20.2 Å². The zero-order valence-corrected chi connectivity index (χ0v) is 11.3. The number of halogens is 7. The molecule has 8 heteroatoms. The van der Waals surface area contributed by atoms with Crippen molar-refractivity contribution in [1.82, 2.24) is 0 Å². The van der Waals surface area contributed by atoms with Crippen LogP contribution in [0.3, 0.4) is 0 Å². The van der Waals surface area contributed by atoms with E-state index in [1.54, 1.807) is 0 Å². The molecule has 1 aromatic heterocycles. The van der Waals surface area contributed by atoms with Crippen LogP contribution in [0, 0.1) is 11.6 Å². The van der Waals surface area contributed by atoms with Gasteiger partial charge < -0.3 is 0 Å². The summed E-state index contributed by atoms with van der Waals surface area (Å²) in [5.74, 6) is -1.59. The minimum atomic E-state index is -5.77. The summed E-state index contributed by atoms with van der Waals surface area (Å²) >= 11 is 0. The Morgan fingerprint density at radius 3 is 1.45 bits per heavy atom. The fourth-order valence-electron chi connectivity index (χ4n) is 2.29. The average Bonchev–Trinajstić information content (AvgIpc) is 2.71. The van der Waals surface area contributed by atoms with Crippen LogP contribution in [0.2, 0.25) is 0 Å². The fraction of sp³-hybridized carbons (Fsp3) is 0.143. The zero-order chi connectivity index (χ0) is 16.3. The summed E-state index contributed by atoms with van der Waals surface area (Å²) < 4.78 is 92.0. The molecule has 3 aromatic rings. The highest BCUT2D eigenvalue weighted by atomic mass is 32.2. The van der Waals surface area contributed by atoms with Crippen LogP contribution in [-0.4, -0.2) is 6.18 Å². The topological polar surface area (TPSA) is 0 Å². The van der Waals surface area contributed by atoms with Crippen molar-refractivity contribution in [2.45, 2.75) is 11.4 Å². The molecule has 0 bridgehead atoms. The van der Waals surface area contributed by atoms with Gasteiger partial charge in [0, 0.05) is 12.1 Å². The highest BCUT2D eigenvalue weighted by Crippen LogP contribution is 2.59. The Labute approximate surface area is 121 Å². The van der Waals surface area contributed by atoms with Gasteiger partial charge in [0.1, 0.15) is 11.6 Å². The van der Waals surface area contributed by atoms with Gasteiger partial charge in [-0.15, -0.1) is 8.78 Å². The summed E-state index contributed by atoms with van der Waals surface area (Å²) in [5.41, 5.74) is 0. The Balaban J connectivity index is 2.52. The molecule has 0 spiro atoms. The molecule has 0 aliphatic heterocycles. The summed E-state index contributed by atoms with van der Waals surface area (Å²) in [6.45, 7) is 0. The minimum Gasteiger partial charge on any atom is -0.207 e. The fourth-order valence-corrected chi connectivity index (χ4v) is 4.50. The molecule has 0 aliphatic rings. The molecule has 1 heterocycles. The maximum Gasteiger partial charge on any atom is 0.530 e. The van der Waals surface area contributed by atoms with Crippen LogP contribution in [0.1, 0.15) is 0 Å². The molecule has 0 radical (unpaired) electrons. The first-order valence-corrected chi connectivity index (χ1v) is 7.14. The summed E-state index contributed by atoms with van der Waals surface area (Å²) in [6, 6.07) is 5.10. The molecule has 0 amide bonds. The number of hydrogen-bond acceptors (Lipinski definition) is 0. The van der Waals surface area contributed by atoms with Gasteiger partial charge in [-0.05, 0) is 24.3 Å².